The number of benzene rings is 1. The smallest absolute Gasteiger partial charge is 0.0187 e. The second-order valence-corrected chi connectivity index (χ2v) is 6.25. The Bertz CT molecular complexity index is 315. The quantitative estimate of drug-likeness (QED) is 0.737. The fraction of sp³-hybridized carbons (Fsp3) is 0.600. The van der Waals surface area contributed by atoms with Gasteiger partial charge < -0.3 is 5.32 Å². The molecule has 0 radical (unpaired) electrons. The zero-order valence-corrected chi connectivity index (χ0v) is 12.4. The Hall–Kier alpha value is -0.470. The van der Waals surface area contributed by atoms with Crippen molar-refractivity contribution in [3.63, 3.8) is 0 Å². The molecule has 0 aliphatic rings. The van der Waals surface area contributed by atoms with Crippen molar-refractivity contribution in [2.45, 2.75) is 45.1 Å². The first kappa shape index (κ1) is 14.6. The second-order valence-electron chi connectivity index (χ2n) is 4.82. The van der Waals surface area contributed by atoms with E-state index in [0.717, 1.165) is 18.8 Å². The van der Waals surface area contributed by atoms with Crippen LogP contribution >= 0.6 is 11.8 Å². The lowest BCUT2D eigenvalue weighted by Gasteiger charge is -2.12. The Labute approximate surface area is 110 Å². The molecule has 1 rings (SSSR count). The van der Waals surface area contributed by atoms with Gasteiger partial charge in [0.2, 0.25) is 0 Å². The molecule has 0 bridgehead atoms. The predicted molar refractivity (Wildman–Crippen MR) is 79.8 cm³/mol. The van der Waals surface area contributed by atoms with E-state index in [2.05, 4.69) is 51.2 Å². The molecule has 0 amide bonds. The van der Waals surface area contributed by atoms with Gasteiger partial charge in [-0.05, 0) is 32.4 Å². The summed E-state index contributed by atoms with van der Waals surface area (Å²) in [5.41, 5.74) is 4.20. The van der Waals surface area contributed by atoms with E-state index in [1.165, 1.54) is 23.1 Å². The number of nitrogens with one attached hydrogen (secondary N) is 1. The van der Waals surface area contributed by atoms with Crippen molar-refractivity contribution in [2.24, 2.45) is 0 Å². The number of hydrogen-bond donors (Lipinski definition) is 1. The molecule has 0 aromatic heterocycles. The van der Waals surface area contributed by atoms with Gasteiger partial charge in [0.25, 0.3) is 0 Å². The molecule has 0 saturated heterocycles. The Morgan fingerprint density at radius 1 is 1.18 bits per heavy atom. The monoisotopic (exact) mass is 251 g/mol. The van der Waals surface area contributed by atoms with Crippen molar-refractivity contribution >= 4 is 11.8 Å². The maximum absolute atomic E-state index is 3.47. The highest BCUT2D eigenvalue weighted by Crippen LogP contribution is 2.19. The number of hydrogen-bond acceptors (Lipinski definition) is 2. The largest absolute Gasteiger partial charge is 0.316 e. The van der Waals surface area contributed by atoms with Crippen LogP contribution in [0, 0.1) is 13.8 Å². The van der Waals surface area contributed by atoms with E-state index in [4.69, 9.17) is 0 Å². The van der Waals surface area contributed by atoms with E-state index < -0.39 is 0 Å². The van der Waals surface area contributed by atoms with Gasteiger partial charge >= 0.3 is 0 Å². The predicted octanol–water partition coefficient (Wildman–Crippen LogP) is 3.92. The summed E-state index contributed by atoms with van der Waals surface area (Å²) in [5, 5.41) is 4.16. The van der Waals surface area contributed by atoms with E-state index in [-0.39, 0.29) is 0 Å². The second kappa shape index (κ2) is 7.78. The summed E-state index contributed by atoms with van der Waals surface area (Å²) in [6.07, 6.45) is 1.22. The minimum atomic E-state index is 0.683. The van der Waals surface area contributed by atoms with Crippen LogP contribution in [-0.4, -0.2) is 18.3 Å². The van der Waals surface area contributed by atoms with Gasteiger partial charge in [-0.25, -0.2) is 0 Å². The van der Waals surface area contributed by atoms with Crippen LogP contribution < -0.4 is 5.32 Å². The summed E-state index contributed by atoms with van der Waals surface area (Å²) in [7, 11) is 0. The normalized spacial score (nSPS) is 12.7. The van der Waals surface area contributed by atoms with Crippen molar-refractivity contribution in [3.8, 4) is 0 Å². The SMILES string of the molecule is CCCNCC(C)SCc1cc(C)cc(C)c1. The fourth-order valence-electron chi connectivity index (χ4n) is 1.93. The molecule has 0 aliphatic carbocycles. The van der Waals surface area contributed by atoms with Gasteiger partial charge in [-0.2, -0.15) is 11.8 Å². The fourth-order valence-corrected chi connectivity index (χ4v) is 2.81. The van der Waals surface area contributed by atoms with E-state index in [1.54, 1.807) is 0 Å². The standard InChI is InChI=1S/C15H25NS/c1-5-6-16-10-14(4)17-11-15-8-12(2)7-13(3)9-15/h7-9,14,16H,5-6,10-11H2,1-4H3. The van der Waals surface area contributed by atoms with E-state index in [0.29, 0.717) is 5.25 Å². The maximum atomic E-state index is 3.47. The molecule has 1 nitrogen and oxygen atoms in total. The molecule has 1 N–H and O–H groups in total. The van der Waals surface area contributed by atoms with Gasteiger partial charge in [-0.1, -0.05) is 43.2 Å². The minimum absolute atomic E-state index is 0.683. The van der Waals surface area contributed by atoms with Crippen LogP contribution in [0.1, 0.15) is 37.0 Å². The number of rotatable bonds is 7. The van der Waals surface area contributed by atoms with Crippen LogP contribution in [0.5, 0.6) is 0 Å². The molecule has 1 unspecified atom stereocenters. The van der Waals surface area contributed by atoms with Gasteiger partial charge in [-0.3, -0.25) is 0 Å². The van der Waals surface area contributed by atoms with Crippen LogP contribution in [0.3, 0.4) is 0 Å². The molecule has 2 heteroatoms. The lowest BCUT2D eigenvalue weighted by molar-refractivity contribution is 0.669. The lowest BCUT2D eigenvalue weighted by Crippen LogP contribution is -2.23. The van der Waals surface area contributed by atoms with Crippen molar-refractivity contribution in [1.82, 2.24) is 5.32 Å². The number of thioether (sulfide) groups is 1. The summed E-state index contributed by atoms with van der Waals surface area (Å²) in [6, 6.07) is 6.83. The van der Waals surface area contributed by atoms with Crippen LogP contribution in [0.2, 0.25) is 0 Å². The van der Waals surface area contributed by atoms with E-state index in [9.17, 15) is 0 Å². The topological polar surface area (TPSA) is 12.0 Å². The molecule has 0 spiro atoms. The minimum Gasteiger partial charge on any atom is -0.316 e. The summed E-state index contributed by atoms with van der Waals surface area (Å²) in [6.45, 7) is 11.1. The van der Waals surface area contributed by atoms with E-state index >= 15 is 0 Å². The van der Waals surface area contributed by atoms with Crippen molar-refractivity contribution in [2.75, 3.05) is 13.1 Å². The van der Waals surface area contributed by atoms with Gasteiger partial charge in [0.1, 0.15) is 0 Å². The molecule has 1 aromatic carbocycles. The summed E-state index contributed by atoms with van der Waals surface area (Å²) in [5.74, 6) is 1.12. The average molecular weight is 251 g/mol. The van der Waals surface area contributed by atoms with Gasteiger partial charge in [0.15, 0.2) is 0 Å². The first-order chi connectivity index (χ1) is 8.11. The molecule has 17 heavy (non-hydrogen) atoms. The van der Waals surface area contributed by atoms with Crippen molar-refractivity contribution < 1.29 is 0 Å². The van der Waals surface area contributed by atoms with E-state index in [1.807, 2.05) is 11.8 Å². The lowest BCUT2D eigenvalue weighted by atomic mass is 10.1. The average Bonchev–Trinajstić information content (AvgIpc) is 2.25. The Morgan fingerprint density at radius 3 is 2.41 bits per heavy atom. The molecular weight excluding hydrogens is 226 g/mol. The zero-order valence-electron chi connectivity index (χ0n) is 11.5. The molecule has 0 fully saturated rings. The van der Waals surface area contributed by atoms with Crippen LogP contribution in [0.15, 0.2) is 18.2 Å². The first-order valence-corrected chi connectivity index (χ1v) is 7.56. The Morgan fingerprint density at radius 2 is 1.82 bits per heavy atom. The van der Waals surface area contributed by atoms with Crippen LogP contribution in [-0.2, 0) is 5.75 Å². The highest BCUT2D eigenvalue weighted by Gasteiger charge is 2.03. The summed E-state index contributed by atoms with van der Waals surface area (Å²) in [4.78, 5) is 0. The third-order valence-corrected chi connectivity index (χ3v) is 3.91. The molecule has 1 atom stereocenters. The third-order valence-electron chi connectivity index (χ3n) is 2.67. The zero-order chi connectivity index (χ0) is 12.7. The molecular formula is C15H25NS. The molecule has 1 aromatic rings. The van der Waals surface area contributed by atoms with Crippen LogP contribution in [0.4, 0.5) is 0 Å². The van der Waals surface area contributed by atoms with Gasteiger partial charge in [0, 0.05) is 17.5 Å². The molecule has 0 aliphatic heterocycles. The van der Waals surface area contributed by atoms with Gasteiger partial charge in [-0.15, -0.1) is 0 Å². The first-order valence-electron chi connectivity index (χ1n) is 6.51. The third kappa shape index (κ3) is 6.13. The Balaban J connectivity index is 2.34. The summed E-state index contributed by atoms with van der Waals surface area (Å²) < 4.78 is 0. The number of aryl methyl sites for hydroxylation is 2. The molecule has 0 saturated carbocycles. The van der Waals surface area contributed by atoms with Crippen molar-refractivity contribution in [1.29, 1.82) is 0 Å². The molecule has 0 heterocycles. The molecule has 96 valence electrons. The Kier molecular flexibility index (Phi) is 6.68. The van der Waals surface area contributed by atoms with Crippen molar-refractivity contribution in [3.05, 3.63) is 34.9 Å². The van der Waals surface area contributed by atoms with Gasteiger partial charge in [0.05, 0.1) is 0 Å². The highest BCUT2D eigenvalue weighted by atomic mass is 32.2. The van der Waals surface area contributed by atoms with Crippen LogP contribution in [0.25, 0.3) is 0 Å². The summed E-state index contributed by atoms with van der Waals surface area (Å²) >= 11 is 2.03. The maximum Gasteiger partial charge on any atom is 0.0187 e. The highest BCUT2D eigenvalue weighted by molar-refractivity contribution is 7.99.